The Balaban J connectivity index is 1.45. The van der Waals surface area contributed by atoms with Crippen molar-refractivity contribution in [2.75, 3.05) is 0 Å². The highest BCUT2D eigenvalue weighted by Crippen LogP contribution is 2.32. The van der Waals surface area contributed by atoms with Crippen molar-refractivity contribution in [2.24, 2.45) is 0 Å². The second-order valence-electron chi connectivity index (χ2n) is 7.23. The standard InChI is InChI=1S/C23H23N5O2/c1-16-24-10-12-27(16)22-13-18(7-9-25-22)15-26-23(30)14-21-20-6-4-3-5-19(20)8-11-28(21)17(2)29/h3-13,21H,14-15H2,1-2H3,(H,26,30)/t21-/m0/s1. The topological polar surface area (TPSA) is 80.1 Å². The molecule has 3 aromatic rings. The fourth-order valence-corrected chi connectivity index (χ4v) is 3.68. The molecule has 1 aliphatic heterocycles. The first-order chi connectivity index (χ1) is 14.5. The van der Waals surface area contributed by atoms with Gasteiger partial charge in [-0.2, -0.15) is 0 Å². The van der Waals surface area contributed by atoms with Crippen LogP contribution in [-0.4, -0.2) is 31.2 Å². The first-order valence-corrected chi connectivity index (χ1v) is 9.81. The lowest BCUT2D eigenvalue weighted by atomic mass is 9.93. The van der Waals surface area contributed by atoms with Crippen molar-refractivity contribution < 1.29 is 9.59 Å². The minimum atomic E-state index is -0.315. The summed E-state index contributed by atoms with van der Waals surface area (Å²) in [7, 11) is 0. The molecule has 7 nitrogen and oxygen atoms in total. The lowest BCUT2D eigenvalue weighted by Gasteiger charge is -2.32. The molecule has 30 heavy (non-hydrogen) atoms. The molecule has 0 saturated carbocycles. The summed E-state index contributed by atoms with van der Waals surface area (Å²) in [6.07, 6.45) is 9.15. The second-order valence-corrected chi connectivity index (χ2v) is 7.23. The SMILES string of the molecule is CC(=O)N1C=Cc2ccccc2[C@@H]1CC(=O)NCc1ccnc(-n2ccnc2C)c1. The summed E-state index contributed by atoms with van der Waals surface area (Å²) < 4.78 is 1.89. The van der Waals surface area contributed by atoms with Crippen LogP contribution in [0.4, 0.5) is 0 Å². The van der Waals surface area contributed by atoms with Gasteiger partial charge in [0.05, 0.1) is 12.5 Å². The molecule has 7 heteroatoms. The first-order valence-electron chi connectivity index (χ1n) is 9.81. The summed E-state index contributed by atoms with van der Waals surface area (Å²) in [4.78, 5) is 35.0. The van der Waals surface area contributed by atoms with Gasteiger partial charge in [-0.15, -0.1) is 0 Å². The van der Waals surface area contributed by atoms with Gasteiger partial charge in [-0.25, -0.2) is 9.97 Å². The molecule has 1 aromatic carbocycles. The number of fused-ring (bicyclic) bond motifs is 1. The van der Waals surface area contributed by atoms with Gasteiger partial charge < -0.3 is 10.2 Å². The number of carbonyl (C=O) groups is 2. The van der Waals surface area contributed by atoms with Gasteiger partial charge in [-0.1, -0.05) is 24.3 Å². The van der Waals surface area contributed by atoms with Gasteiger partial charge in [0.1, 0.15) is 11.6 Å². The van der Waals surface area contributed by atoms with Gasteiger partial charge in [0, 0.05) is 38.3 Å². The van der Waals surface area contributed by atoms with Crippen molar-refractivity contribution in [1.82, 2.24) is 24.8 Å². The van der Waals surface area contributed by atoms with Crippen LogP contribution < -0.4 is 5.32 Å². The second kappa shape index (κ2) is 8.32. The van der Waals surface area contributed by atoms with E-state index >= 15 is 0 Å². The monoisotopic (exact) mass is 401 g/mol. The van der Waals surface area contributed by atoms with Gasteiger partial charge >= 0.3 is 0 Å². The fourth-order valence-electron chi connectivity index (χ4n) is 3.68. The van der Waals surface area contributed by atoms with Crippen LogP contribution in [0.25, 0.3) is 11.9 Å². The number of carbonyl (C=O) groups excluding carboxylic acids is 2. The molecule has 0 bridgehead atoms. The maximum absolute atomic E-state index is 12.7. The van der Waals surface area contributed by atoms with Gasteiger partial charge in [-0.3, -0.25) is 14.2 Å². The third-order valence-corrected chi connectivity index (χ3v) is 5.22. The van der Waals surface area contributed by atoms with Crippen LogP contribution in [-0.2, 0) is 16.1 Å². The zero-order valence-electron chi connectivity index (χ0n) is 16.9. The normalized spacial score (nSPS) is 15.0. The highest BCUT2D eigenvalue weighted by atomic mass is 16.2. The van der Waals surface area contributed by atoms with Gasteiger partial charge in [0.25, 0.3) is 0 Å². The molecule has 0 saturated heterocycles. The van der Waals surface area contributed by atoms with Crippen LogP contribution in [0.3, 0.4) is 0 Å². The minimum Gasteiger partial charge on any atom is -0.352 e. The van der Waals surface area contributed by atoms with E-state index in [4.69, 9.17) is 0 Å². The molecular weight excluding hydrogens is 378 g/mol. The molecule has 1 aliphatic rings. The lowest BCUT2D eigenvalue weighted by molar-refractivity contribution is -0.130. The van der Waals surface area contributed by atoms with Crippen molar-refractivity contribution in [3.63, 3.8) is 0 Å². The Morgan fingerprint density at radius 2 is 1.97 bits per heavy atom. The van der Waals surface area contributed by atoms with E-state index in [0.29, 0.717) is 6.54 Å². The molecule has 3 heterocycles. The molecule has 0 aliphatic carbocycles. The molecule has 2 aromatic heterocycles. The van der Waals surface area contributed by atoms with Gasteiger partial charge in [0.2, 0.25) is 11.8 Å². The Bertz CT molecular complexity index is 1120. The summed E-state index contributed by atoms with van der Waals surface area (Å²) in [5.41, 5.74) is 2.95. The Kier molecular flexibility index (Phi) is 5.43. The fraction of sp³-hybridized carbons (Fsp3) is 0.217. The number of benzene rings is 1. The Morgan fingerprint density at radius 1 is 1.13 bits per heavy atom. The summed E-state index contributed by atoms with van der Waals surface area (Å²) in [5.74, 6) is 1.39. The van der Waals surface area contributed by atoms with Crippen molar-refractivity contribution in [1.29, 1.82) is 0 Å². The van der Waals surface area contributed by atoms with Crippen molar-refractivity contribution >= 4 is 17.9 Å². The number of nitrogens with one attached hydrogen (secondary N) is 1. The van der Waals surface area contributed by atoms with Crippen molar-refractivity contribution in [3.05, 3.63) is 83.7 Å². The first kappa shape index (κ1) is 19.6. The van der Waals surface area contributed by atoms with E-state index < -0.39 is 0 Å². The van der Waals surface area contributed by atoms with Crippen LogP contribution in [0.2, 0.25) is 0 Å². The number of amides is 2. The molecule has 0 spiro atoms. The summed E-state index contributed by atoms with van der Waals surface area (Å²) in [6.45, 7) is 3.81. The zero-order valence-corrected chi connectivity index (χ0v) is 16.9. The number of nitrogens with zero attached hydrogens (tertiary/aromatic N) is 4. The van der Waals surface area contributed by atoms with E-state index in [1.165, 1.54) is 6.92 Å². The molecule has 0 radical (unpaired) electrons. The van der Waals surface area contributed by atoms with Gasteiger partial charge in [0.15, 0.2) is 0 Å². The van der Waals surface area contributed by atoms with Crippen LogP contribution in [0.5, 0.6) is 0 Å². The molecule has 0 unspecified atom stereocenters. The number of aromatic nitrogens is 3. The number of imidazole rings is 1. The number of hydrogen-bond acceptors (Lipinski definition) is 4. The number of aryl methyl sites for hydroxylation is 1. The van der Waals surface area contributed by atoms with Crippen LogP contribution in [0.1, 0.15) is 41.9 Å². The summed E-state index contributed by atoms with van der Waals surface area (Å²) in [5, 5.41) is 2.97. The Morgan fingerprint density at radius 3 is 2.73 bits per heavy atom. The molecule has 4 rings (SSSR count). The molecule has 0 fully saturated rings. The maximum atomic E-state index is 12.7. The Hall–Kier alpha value is -3.74. The molecule has 1 N–H and O–H groups in total. The maximum Gasteiger partial charge on any atom is 0.223 e. The summed E-state index contributed by atoms with van der Waals surface area (Å²) in [6, 6.07) is 11.3. The van der Waals surface area contributed by atoms with E-state index in [0.717, 1.165) is 28.3 Å². The lowest BCUT2D eigenvalue weighted by Crippen LogP contribution is -2.35. The van der Waals surface area contributed by atoms with E-state index in [1.54, 1.807) is 23.5 Å². The van der Waals surface area contributed by atoms with E-state index in [1.807, 2.05) is 60.2 Å². The van der Waals surface area contributed by atoms with Crippen LogP contribution in [0, 0.1) is 6.92 Å². The zero-order chi connectivity index (χ0) is 21.1. The minimum absolute atomic E-state index is 0.0898. The molecule has 2 amide bonds. The molecule has 1 atom stereocenters. The number of rotatable bonds is 5. The van der Waals surface area contributed by atoms with E-state index in [2.05, 4.69) is 15.3 Å². The predicted molar refractivity (Wildman–Crippen MR) is 113 cm³/mol. The van der Waals surface area contributed by atoms with Crippen LogP contribution >= 0.6 is 0 Å². The largest absolute Gasteiger partial charge is 0.352 e. The average molecular weight is 401 g/mol. The quantitative estimate of drug-likeness (QED) is 0.712. The number of hydrogen-bond donors (Lipinski definition) is 1. The van der Waals surface area contributed by atoms with Gasteiger partial charge in [-0.05, 0) is 41.8 Å². The van der Waals surface area contributed by atoms with Crippen molar-refractivity contribution in [2.45, 2.75) is 32.9 Å². The third kappa shape index (κ3) is 4.00. The van der Waals surface area contributed by atoms with Crippen molar-refractivity contribution in [3.8, 4) is 5.82 Å². The third-order valence-electron chi connectivity index (χ3n) is 5.22. The summed E-state index contributed by atoms with van der Waals surface area (Å²) >= 11 is 0. The predicted octanol–water partition coefficient (Wildman–Crippen LogP) is 3.16. The van der Waals surface area contributed by atoms with Crippen LogP contribution in [0.15, 0.2) is 61.2 Å². The molecular formula is C23H23N5O2. The molecule has 152 valence electrons. The highest BCUT2D eigenvalue weighted by Gasteiger charge is 2.28. The van der Waals surface area contributed by atoms with E-state index in [9.17, 15) is 9.59 Å². The van der Waals surface area contributed by atoms with E-state index in [-0.39, 0.29) is 24.3 Å². The number of pyridine rings is 1. The average Bonchev–Trinajstić information content (AvgIpc) is 3.18. The Labute approximate surface area is 175 Å². The highest BCUT2D eigenvalue weighted by molar-refractivity contribution is 5.81. The smallest absolute Gasteiger partial charge is 0.223 e.